The Hall–Kier alpha value is -2.19. The summed E-state index contributed by atoms with van der Waals surface area (Å²) >= 11 is 1.49. The predicted octanol–water partition coefficient (Wildman–Crippen LogP) is 3.17. The number of nitrogens with zero attached hydrogens (tertiary/aromatic N) is 2. The van der Waals surface area contributed by atoms with Gasteiger partial charge in [0.25, 0.3) is 5.56 Å². The first kappa shape index (κ1) is 16.3. The summed E-state index contributed by atoms with van der Waals surface area (Å²) in [6.45, 7) is 1.53. The van der Waals surface area contributed by atoms with Crippen molar-refractivity contribution < 1.29 is 13.2 Å². The first-order valence-electron chi connectivity index (χ1n) is 7.80. The summed E-state index contributed by atoms with van der Waals surface area (Å²) in [4.78, 5) is 17.2. The third kappa shape index (κ3) is 2.85. The molecule has 0 radical (unpaired) electrons. The van der Waals surface area contributed by atoms with Crippen molar-refractivity contribution >= 4 is 21.7 Å². The number of pyridine rings is 1. The van der Waals surface area contributed by atoms with E-state index in [1.54, 1.807) is 10.1 Å². The van der Waals surface area contributed by atoms with Gasteiger partial charge in [0.1, 0.15) is 0 Å². The van der Waals surface area contributed by atoms with Gasteiger partial charge in [0, 0.05) is 12.1 Å². The summed E-state index contributed by atoms with van der Waals surface area (Å²) in [5.74, 6) is 0. The van der Waals surface area contributed by atoms with E-state index in [1.165, 1.54) is 23.5 Å². The number of halogens is 3. The van der Waals surface area contributed by atoms with E-state index < -0.39 is 11.7 Å². The van der Waals surface area contributed by atoms with Gasteiger partial charge in [-0.15, -0.1) is 11.3 Å². The SMILES string of the molecule is O=c1c2c(c3scnc3n1Cc1ccc(C(F)(F)F)cc1)CCNC2. The van der Waals surface area contributed by atoms with Gasteiger partial charge < -0.3 is 5.32 Å². The standard InChI is InChI=1S/C17H14F3N3OS/c18-17(19,20)11-3-1-10(2-4-11)8-23-15-14(25-9-22-15)12-5-6-21-7-13(12)16(23)24/h1-4,9,21H,5-8H2. The maximum atomic E-state index is 12.9. The highest BCUT2D eigenvalue weighted by molar-refractivity contribution is 7.16. The first-order valence-corrected chi connectivity index (χ1v) is 8.67. The largest absolute Gasteiger partial charge is 0.416 e. The molecule has 1 aliphatic rings. The lowest BCUT2D eigenvalue weighted by molar-refractivity contribution is -0.137. The molecule has 1 aromatic carbocycles. The van der Waals surface area contributed by atoms with Crippen LogP contribution >= 0.6 is 11.3 Å². The Labute approximate surface area is 144 Å². The van der Waals surface area contributed by atoms with E-state index in [0.29, 0.717) is 17.8 Å². The summed E-state index contributed by atoms with van der Waals surface area (Å²) in [5, 5.41) is 3.20. The van der Waals surface area contributed by atoms with Gasteiger partial charge in [-0.1, -0.05) is 12.1 Å². The second kappa shape index (κ2) is 5.96. The zero-order valence-electron chi connectivity index (χ0n) is 13.1. The molecule has 0 bridgehead atoms. The van der Waals surface area contributed by atoms with Crippen LogP contribution in [0.5, 0.6) is 0 Å². The van der Waals surface area contributed by atoms with E-state index in [0.717, 1.165) is 40.9 Å². The molecule has 0 unspecified atom stereocenters. The van der Waals surface area contributed by atoms with Crippen molar-refractivity contribution in [1.82, 2.24) is 14.9 Å². The number of rotatable bonds is 2. The van der Waals surface area contributed by atoms with Crippen molar-refractivity contribution in [2.75, 3.05) is 6.54 Å². The molecule has 1 N–H and O–H groups in total. The molecular weight excluding hydrogens is 351 g/mol. The van der Waals surface area contributed by atoms with Gasteiger partial charge in [-0.3, -0.25) is 9.36 Å². The van der Waals surface area contributed by atoms with Crippen LogP contribution in [-0.2, 0) is 25.7 Å². The summed E-state index contributed by atoms with van der Waals surface area (Å²) in [6.07, 6.45) is -3.58. The molecule has 0 saturated carbocycles. The quantitative estimate of drug-likeness (QED) is 0.759. The van der Waals surface area contributed by atoms with Crippen LogP contribution in [0.25, 0.3) is 10.3 Å². The average molecular weight is 365 g/mol. The Morgan fingerprint density at radius 1 is 1.20 bits per heavy atom. The lowest BCUT2D eigenvalue weighted by atomic mass is 10.0. The highest BCUT2D eigenvalue weighted by Crippen LogP contribution is 2.30. The average Bonchev–Trinajstić information content (AvgIpc) is 3.08. The highest BCUT2D eigenvalue weighted by atomic mass is 32.1. The Balaban J connectivity index is 1.78. The van der Waals surface area contributed by atoms with Crippen molar-refractivity contribution in [2.24, 2.45) is 0 Å². The second-order valence-corrected chi connectivity index (χ2v) is 6.83. The number of fused-ring (bicyclic) bond motifs is 3. The maximum absolute atomic E-state index is 12.9. The van der Waals surface area contributed by atoms with Crippen molar-refractivity contribution in [3.8, 4) is 0 Å². The van der Waals surface area contributed by atoms with E-state index in [1.807, 2.05) is 0 Å². The molecule has 0 spiro atoms. The summed E-state index contributed by atoms with van der Waals surface area (Å²) in [6, 6.07) is 4.90. The Kier molecular flexibility index (Phi) is 3.88. The fraction of sp³-hybridized carbons (Fsp3) is 0.294. The molecule has 0 saturated heterocycles. The molecule has 3 aromatic rings. The summed E-state index contributed by atoms with van der Waals surface area (Å²) in [7, 11) is 0. The van der Waals surface area contributed by atoms with Crippen molar-refractivity contribution in [1.29, 1.82) is 0 Å². The fourth-order valence-corrected chi connectivity index (χ4v) is 4.06. The molecule has 8 heteroatoms. The van der Waals surface area contributed by atoms with E-state index in [2.05, 4.69) is 10.3 Å². The molecule has 4 rings (SSSR count). The predicted molar refractivity (Wildman–Crippen MR) is 89.8 cm³/mol. The Morgan fingerprint density at radius 3 is 2.68 bits per heavy atom. The van der Waals surface area contributed by atoms with Crippen LogP contribution in [0.1, 0.15) is 22.3 Å². The minimum atomic E-state index is -4.37. The summed E-state index contributed by atoms with van der Waals surface area (Å²) in [5.41, 5.74) is 3.90. The molecule has 2 aromatic heterocycles. The lowest BCUT2D eigenvalue weighted by Gasteiger charge is -2.19. The van der Waals surface area contributed by atoms with Crippen LogP contribution in [-0.4, -0.2) is 16.1 Å². The normalized spacial score (nSPS) is 14.7. The molecule has 4 nitrogen and oxygen atoms in total. The van der Waals surface area contributed by atoms with E-state index in [4.69, 9.17) is 0 Å². The Morgan fingerprint density at radius 2 is 1.96 bits per heavy atom. The minimum absolute atomic E-state index is 0.125. The van der Waals surface area contributed by atoms with Crippen molar-refractivity contribution in [3.63, 3.8) is 0 Å². The van der Waals surface area contributed by atoms with E-state index in [-0.39, 0.29) is 12.1 Å². The van der Waals surface area contributed by atoms with E-state index >= 15 is 0 Å². The van der Waals surface area contributed by atoms with Gasteiger partial charge in [0.05, 0.1) is 22.3 Å². The molecule has 0 aliphatic carbocycles. The molecule has 25 heavy (non-hydrogen) atoms. The van der Waals surface area contributed by atoms with Crippen LogP contribution in [0.15, 0.2) is 34.6 Å². The zero-order chi connectivity index (χ0) is 17.6. The smallest absolute Gasteiger partial charge is 0.312 e. The van der Waals surface area contributed by atoms with Gasteiger partial charge in [-0.25, -0.2) is 4.98 Å². The number of alkyl halides is 3. The van der Waals surface area contributed by atoms with Gasteiger partial charge in [0.2, 0.25) is 0 Å². The monoisotopic (exact) mass is 365 g/mol. The number of benzene rings is 1. The molecule has 3 heterocycles. The van der Waals surface area contributed by atoms with Crippen LogP contribution in [0.4, 0.5) is 13.2 Å². The molecule has 0 fully saturated rings. The first-order chi connectivity index (χ1) is 11.9. The van der Waals surface area contributed by atoms with Crippen LogP contribution in [0.3, 0.4) is 0 Å². The number of hydrogen-bond donors (Lipinski definition) is 1. The highest BCUT2D eigenvalue weighted by Gasteiger charge is 2.30. The number of thiazole rings is 1. The molecular formula is C17H14F3N3OS. The van der Waals surface area contributed by atoms with Crippen LogP contribution < -0.4 is 10.9 Å². The topological polar surface area (TPSA) is 46.9 Å². The maximum Gasteiger partial charge on any atom is 0.416 e. The lowest BCUT2D eigenvalue weighted by Crippen LogP contribution is -2.34. The summed E-state index contributed by atoms with van der Waals surface area (Å²) < 4.78 is 40.6. The van der Waals surface area contributed by atoms with Gasteiger partial charge in [-0.05, 0) is 36.2 Å². The third-order valence-electron chi connectivity index (χ3n) is 4.42. The van der Waals surface area contributed by atoms with Gasteiger partial charge in [0.15, 0.2) is 5.65 Å². The molecule has 130 valence electrons. The van der Waals surface area contributed by atoms with Crippen LogP contribution in [0.2, 0.25) is 0 Å². The molecule has 0 amide bonds. The fourth-order valence-electron chi connectivity index (χ4n) is 3.17. The number of nitrogens with one attached hydrogen (secondary N) is 1. The second-order valence-electron chi connectivity index (χ2n) is 5.97. The van der Waals surface area contributed by atoms with Gasteiger partial charge in [-0.2, -0.15) is 13.2 Å². The minimum Gasteiger partial charge on any atom is -0.312 e. The molecule has 0 atom stereocenters. The van der Waals surface area contributed by atoms with Crippen molar-refractivity contribution in [2.45, 2.75) is 25.7 Å². The van der Waals surface area contributed by atoms with E-state index in [9.17, 15) is 18.0 Å². The Bertz CT molecular complexity index is 989. The molecule has 1 aliphatic heterocycles. The van der Waals surface area contributed by atoms with Crippen LogP contribution in [0, 0.1) is 0 Å². The van der Waals surface area contributed by atoms with Gasteiger partial charge >= 0.3 is 6.18 Å². The third-order valence-corrected chi connectivity index (χ3v) is 5.30. The number of hydrogen-bond acceptors (Lipinski definition) is 4. The number of aromatic nitrogens is 2. The van der Waals surface area contributed by atoms with Crippen molar-refractivity contribution in [3.05, 3.63) is 62.4 Å². The zero-order valence-corrected chi connectivity index (χ0v) is 13.9.